The van der Waals surface area contributed by atoms with E-state index in [0.717, 1.165) is 29.5 Å². The average molecular weight is 337 g/mol. The molecule has 0 amide bonds. The molecule has 2 aromatic rings. The van der Waals surface area contributed by atoms with Crippen molar-refractivity contribution in [3.8, 4) is 0 Å². The van der Waals surface area contributed by atoms with Crippen LogP contribution in [0.3, 0.4) is 0 Å². The second-order valence-electron chi connectivity index (χ2n) is 5.40. The Morgan fingerprint density at radius 3 is 2.91 bits per heavy atom. The summed E-state index contributed by atoms with van der Waals surface area (Å²) < 4.78 is 4.37. The van der Waals surface area contributed by atoms with Crippen LogP contribution in [-0.4, -0.2) is 28.4 Å². The molecule has 2 heterocycles. The summed E-state index contributed by atoms with van der Waals surface area (Å²) in [7, 11) is 0. The molecular weight excluding hydrogens is 322 g/mol. The van der Waals surface area contributed by atoms with Crippen molar-refractivity contribution >= 4 is 34.2 Å². The van der Waals surface area contributed by atoms with Crippen LogP contribution in [0.5, 0.6) is 0 Å². The maximum absolute atomic E-state index is 11.0. The van der Waals surface area contributed by atoms with Gasteiger partial charge in [0.25, 0.3) is 0 Å². The molecule has 0 saturated carbocycles. The van der Waals surface area contributed by atoms with Crippen LogP contribution in [0, 0.1) is 5.92 Å². The molecule has 22 heavy (non-hydrogen) atoms. The Kier molecular flexibility index (Phi) is 4.59. The van der Waals surface area contributed by atoms with E-state index < -0.39 is 11.9 Å². The molecule has 1 atom stereocenters. The van der Waals surface area contributed by atoms with Crippen molar-refractivity contribution in [3.05, 3.63) is 40.7 Å². The van der Waals surface area contributed by atoms with E-state index in [9.17, 15) is 9.90 Å². The minimum atomic E-state index is -0.976. The monoisotopic (exact) mass is 336 g/mol. The zero-order chi connectivity index (χ0) is 15.5. The molecule has 0 spiro atoms. The first-order valence-electron chi connectivity index (χ1n) is 7.14. The van der Waals surface area contributed by atoms with Gasteiger partial charge >= 0.3 is 0 Å². The summed E-state index contributed by atoms with van der Waals surface area (Å²) in [6.07, 6.45) is 2.16. The Bertz CT molecular complexity index is 659. The molecule has 1 fully saturated rings. The summed E-state index contributed by atoms with van der Waals surface area (Å²) >= 11 is 7.19. The molecule has 5 nitrogen and oxygen atoms in total. The number of aromatic nitrogens is 2. The van der Waals surface area contributed by atoms with Gasteiger partial charge < -0.3 is 14.8 Å². The summed E-state index contributed by atoms with van der Waals surface area (Å²) in [5.74, 6) is -0.647. The SMILES string of the molecule is O=C([O-])[C@@H]1CCCN(c2nc(Cc3ccc(Cl)cc3)ns2)C1. The number of carboxylic acid groups (broad SMARTS) is 1. The molecule has 0 bridgehead atoms. The number of anilines is 1. The highest BCUT2D eigenvalue weighted by Gasteiger charge is 2.23. The standard InChI is InChI=1S/C15H16ClN3O2S/c16-12-5-3-10(4-6-12)8-13-17-15(22-18-13)19-7-1-2-11(9-19)14(20)21/h3-6,11H,1-2,7-9H2,(H,20,21)/p-1/t11-/m1/s1. The van der Waals surface area contributed by atoms with E-state index >= 15 is 0 Å². The van der Waals surface area contributed by atoms with Crippen molar-refractivity contribution < 1.29 is 9.90 Å². The maximum atomic E-state index is 11.0. The van der Waals surface area contributed by atoms with Gasteiger partial charge in [-0.15, -0.1) is 0 Å². The van der Waals surface area contributed by atoms with E-state index in [1.807, 2.05) is 29.2 Å². The first-order chi connectivity index (χ1) is 10.6. The highest BCUT2D eigenvalue weighted by Crippen LogP contribution is 2.25. The Morgan fingerprint density at radius 1 is 1.41 bits per heavy atom. The number of carboxylic acids is 1. The highest BCUT2D eigenvalue weighted by atomic mass is 35.5. The Balaban J connectivity index is 1.68. The van der Waals surface area contributed by atoms with Gasteiger partial charge in [0.1, 0.15) is 5.82 Å². The number of carbonyl (C=O) groups excluding carboxylic acids is 1. The van der Waals surface area contributed by atoms with E-state index in [-0.39, 0.29) is 0 Å². The molecule has 0 unspecified atom stereocenters. The van der Waals surface area contributed by atoms with Crippen LogP contribution < -0.4 is 10.0 Å². The van der Waals surface area contributed by atoms with Crippen LogP contribution >= 0.6 is 23.1 Å². The first-order valence-corrected chi connectivity index (χ1v) is 8.30. The Labute approximate surface area is 137 Å². The molecule has 7 heteroatoms. The van der Waals surface area contributed by atoms with Gasteiger partial charge in [-0.25, -0.2) is 4.98 Å². The second kappa shape index (κ2) is 6.62. The van der Waals surface area contributed by atoms with Gasteiger partial charge in [0.2, 0.25) is 5.13 Å². The highest BCUT2D eigenvalue weighted by molar-refractivity contribution is 7.09. The molecule has 116 valence electrons. The fourth-order valence-electron chi connectivity index (χ4n) is 2.57. The number of hydrogen-bond acceptors (Lipinski definition) is 6. The molecule has 0 radical (unpaired) electrons. The summed E-state index contributed by atoms with van der Waals surface area (Å²) in [6.45, 7) is 1.28. The fourth-order valence-corrected chi connectivity index (χ4v) is 3.42. The maximum Gasteiger partial charge on any atom is 0.205 e. The van der Waals surface area contributed by atoms with E-state index in [4.69, 9.17) is 11.6 Å². The number of benzene rings is 1. The van der Waals surface area contributed by atoms with Gasteiger partial charge in [-0.1, -0.05) is 23.7 Å². The van der Waals surface area contributed by atoms with Gasteiger partial charge in [0.15, 0.2) is 0 Å². The summed E-state index contributed by atoms with van der Waals surface area (Å²) in [6, 6.07) is 7.60. The van der Waals surface area contributed by atoms with Crippen molar-refractivity contribution in [1.29, 1.82) is 0 Å². The lowest BCUT2D eigenvalue weighted by Gasteiger charge is -2.32. The minimum absolute atomic E-state index is 0.419. The molecular formula is C15H15ClN3O2S-. The number of halogens is 1. The van der Waals surface area contributed by atoms with Crippen LogP contribution in [0.25, 0.3) is 0 Å². The van der Waals surface area contributed by atoms with E-state index in [2.05, 4.69) is 9.36 Å². The summed E-state index contributed by atoms with van der Waals surface area (Å²) in [5, 5.41) is 12.5. The zero-order valence-corrected chi connectivity index (χ0v) is 13.4. The summed E-state index contributed by atoms with van der Waals surface area (Å²) in [5.41, 5.74) is 1.10. The van der Waals surface area contributed by atoms with E-state index in [0.29, 0.717) is 24.4 Å². The summed E-state index contributed by atoms with van der Waals surface area (Å²) in [4.78, 5) is 17.5. The van der Waals surface area contributed by atoms with Gasteiger partial charge in [-0.3, -0.25) is 0 Å². The van der Waals surface area contributed by atoms with Crippen molar-refractivity contribution in [2.45, 2.75) is 19.3 Å². The van der Waals surface area contributed by atoms with Gasteiger partial charge in [-0.05, 0) is 30.5 Å². The molecule has 1 aliphatic heterocycles. The molecule has 0 aliphatic carbocycles. The minimum Gasteiger partial charge on any atom is -0.550 e. The van der Waals surface area contributed by atoms with Crippen molar-refractivity contribution in [1.82, 2.24) is 9.36 Å². The smallest absolute Gasteiger partial charge is 0.205 e. The van der Waals surface area contributed by atoms with Gasteiger partial charge in [0.05, 0.1) is 0 Å². The number of piperidine rings is 1. The normalized spacial score (nSPS) is 18.4. The molecule has 1 aromatic carbocycles. The Hall–Kier alpha value is -1.66. The lowest BCUT2D eigenvalue weighted by Crippen LogP contribution is -2.43. The number of aliphatic carboxylic acids is 1. The zero-order valence-electron chi connectivity index (χ0n) is 11.9. The Morgan fingerprint density at radius 2 is 2.18 bits per heavy atom. The van der Waals surface area contributed by atoms with Crippen molar-refractivity contribution in [3.63, 3.8) is 0 Å². The average Bonchev–Trinajstić information content (AvgIpc) is 2.98. The fraction of sp³-hybridized carbons (Fsp3) is 0.400. The van der Waals surface area contributed by atoms with Crippen LogP contribution in [0.1, 0.15) is 24.2 Å². The van der Waals surface area contributed by atoms with Crippen molar-refractivity contribution in [2.24, 2.45) is 5.92 Å². The third kappa shape index (κ3) is 3.56. The lowest BCUT2D eigenvalue weighted by molar-refractivity contribution is -0.311. The van der Waals surface area contributed by atoms with Crippen LogP contribution in [0.2, 0.25) is 5.02 Å². The third-order valence-electron chi connectivity index (χ3n) is 3.76. The molecule has 1 saturated heterocycles. The number of nitrogens with zero attached hydrogens (tertiary/aromatic N) is 3. The molecule has 1 aromatic heterocycles. The first kappa shape index (κ1) is 15.2. The van der Waals surface area contributed by atoms with Crippen molar-refractivity contribution in [2.75, 3.05) is 18.0 Å². The van der Waals surface area contributed by atoms with Crippen LogP contribution in [0.15, 0.2) is 24.3 Å². The van der Waals surface area contributed by atoms with Crippen LogP contribution in [-0.2, 0) is 11.2 Å². The quantitative estimate of drug-likeness (QED) is 0.850. The van der Waals surface area contributed by atoms with E-state index in [1.54, 1.807) is 0 Å². The lowest BCUT2D eigenvalue weighted by atomic mass is 9.99. The van der Waals surface area contributed by atoms with Gasteiger partial charge in [-0.2, -0.15) is 4.37 Å². The molecule has 1 aliphatic rings. The number of carbonyl (C=O) groups is 1. The number of hydrogen-bond donors (Lipinski definition) is 0. The predicted octanol–water partition coefficient (Wildman–Crippen LogP) is 1.75. The predicted molar refractivity (Wildman–Crippen MR) is 84.1 cm³/mol. The second-order valence-corrected chi connectivity index (χ2v) is 6.57. The van der Waals surface area contributed by atoms with E-state index in [1.165, 1.54) is 11.5 Å². The molecule has 0 N–H and O–H groups in total. The number of rotatable bonds is 4. The largest absolute Gasteiger partial charge is 0.550 e. The molecule has 3 rings (SSSR count). The van der Waals surface area contributed by atoms with Crippen LogP contribution in [0.4, 0.5) is 5.13 Å². The van der Waals surface area contributed by atoms with Gasteiger partial charge in [0, 0.05) is 48.0 Å². The third-order valence-corrected chi connectivity index (χ3v) is 4.82. The topological polar surface area (TPSA) is 69.2 Å².